The van der Waals surface area contributed by atoms with Gasteiger partial charge in [0.1, 0.15) is 0 Å². The van der Waals surface area contributed by atoms with Crippen molar-refractivity contribution in [2.45, 2.75) is 43.7 Å². The molecule has 0 aromatic heterocycles. The van der Waals surface area contributed by atoms with Gasteiger partial charge in [0.05, 0.1) is 6.10 Å². The van der Waals surface area contributed by atoms with E-state index in [2.05, 4.69) is 26.6 Å². The van der Waals surface area contributed by atoms with Gasteiger partial charge in [-0.2, -0.15) is 0 Å². The highest BCUT2D eigenvalue weighted by Crippen LogP contribution is 2.58. The fourth-order valence-corrected chi connectivity index (χ4v) is 4.92. The Balaban J connectivity index is 1.91. The number of hydrogen-bond acceptors (Lipinski definition) is 3. The van der Waals surface area contributed by atoms with Crippen LogP contribution in [0.5, 0.6) is 0 Å². The molecule has 1 unspecified atom stereocenters. The molecular formula is C16H17BrN2O3. The summed E-state index contributed by atoms with van der Waals surface area (Å²) < 4.78 is 0.896. The second-order valence-electron chi connectivity index (χ2n) is 6.65. The van der Waals surface area contributed by atoms with E-state index >= 15 is 0 Å². The van der Waals surface area contributed by atoms with Gasteiger partial charge in [-0.1, -0.05) is 22.0 Å². The molecule has 4 rings (SSSR count). The van der Waals surface area contributed by atoms with Crippen LogP contribution in [0, 0.1) is 5.41 Å². The van der Waals surface area contributed by atoms with Crippen molar-refractivity contribution in [2.24, 2.45) is 5.41 Å². The lowest BCUT2D eigenvalue weighted by molar-refractivity contribution is -0.131. The summed E-state index contributed by atoms with van der Waals surface area (Å²) in [4.78, 5) is 24.7. The van der Waals surface area contributed by atoms with Crippen molar-refractivity contribution in [3.63, 3.8) is 0 Å². The van der Waals surface area contributed by atoms with Crippen molar-refractivity contribution in [3.8, 4) is 0 Å². The first-order valence-electron chi connectivity index (χ1n) is 7.57. The molecule has 2 aliphatic carbocycles. The zero-order valence-corrected chi connectivity index (χ0v) is 13.6. The van der Waals surface area contributed by atoms with E-state index < -0.39 is 11.6 Å². The molecule has 6 heteroatoms. The standard InChI is InChI=1S/C16H17BrN2O3/c17-10-2-1-9-8-15(5-3-11(20)4-6-15)16(12(9)7-10)13(21)18-14(22)19-16/h1-2,7,11,20H,3-6,8H2,(H2,18,19,21,22)/t11-,15-,16?. The van der Waals surface area contributed by atoms with Crippen LogP contribution >= 0.6 is 15.9 Å². The highest BCUT2D eigenvalue weighted by molar-refractivity contribution is 9.10. The third kappa shape index (κ3) is 1.68. The molecule has 1 saturated heterocycles. The number of amides is 3. The maximum atomic E-state index is 12.8. The summed E-state index contributed by atoms with van der Waals surface area (Å²) in [6.07, 6.45) is 3.25. The summed E-state index contributed by atoms with van der Waals surface area (Å²) in [7, 11) is 0. The number of hydrogen-bond donors (Lipinski definition) is 3. The molecule has 1 saturated carbocycles. The van der Waals surface area contributed by atoms with Gasteiger partial charge < -0.3 is 10.4 Å². The quantitative estimate of drug-likeness (QED) is 0.615. The van der Waals surface area contributed by atoms with Crippen LogP contribution in [0.1, 0.15) is 36.8 Å². The normalized spacial score (nSPS) is 36.5. The number of halogens is 1. The van der Waals surface area contributed by atoms with Crippen LogP contribution in [0.4, 0.5) is 4.79 Å². The third-order valence-electron chi connectivity index (χ3n) is 5.58. The van der Waals surface area contributed by atoms with Gasteiger partial charge in [0.2, 0.25) is 0 Å². The topological polar surface area (TPSA) is 78.4 Å². The van der Waals surface area contributed by atoms with Gasteiger partial charge >= 0.3 is 6.03 Å². The van der Waals surface area contributed by atoms with Crippen molar-refractivity contribution < 1.29 is 14.7 Å². The highest BCUT2D eigenvalue weighted by Gasteiger charge is 2.65. The fraction of sp³-hybridized carbons (Fsp3) is 0.500. The average molecular weight is 365 g/mol. The zero-order chi connectivity index (χ0) is 15.5. The molecule has 2 fully saturated rings. The van der Waals surface area contributed by atoms with Gasteiger partial charge in [0, 0.05) is 9.89 Å². The van der Waals surface area contributed by atoms with Crippen molar-refractivity contribution in [1.29, 1.82) is 0 Å². The van der Waals surface area contributed by atoms with Crippen LogP contribution in [0.25, 0.3) is 0 Å². The summed E-state index contributed by atoms with van der Waals surface area (Å²) in [6, 6.07) is 5.51. The molecule has 0 radical (unpaired) electrons. The first kappa shape index (κ1) is 14.2. The van der Waals surface area contributed by atoms with E-state index in [1.54, 1.807) is 0 Å². The molecule has 0 bridgehead atoms. The van der Waals surface area contributed by atoms with E-state index in [0.29, 0.717) is 12.8 Å². The molecule has 116 valence electrons. The summed E-state index contributed by atoms with van der Waals surface area (Å²) in [5, 5.41) is 15.2. The van der Waals surface area contributed by atoms with Crippen LogP contribution in [0.15, 0.2) is 22.7 Å². The molecule has 5 nitrogen and oxygen atoms in total. The zero-order valence-electron chi connectivity index (χ0n) is 12.0. The Morgan fingerprint density at radius 1 is 1.23 bits per heavy atom. The number of aliphatic hydroxyl groups is 1. The van der Waals surface area contributed by atoms with Crippen LogP contribution in [0.3, 0.4) is 0 Å². The SMILES string of the molecule is O=C1NC(=O)C2(N1)c1cc(Br)ccc1C[C@]21CC[C@@H](O)CC1. The smallest absolute Gasteiger partial charge is 0.322 e. The molecule has 1 aliphatic heterocycles. The average Bonchev–Trinajstić information content (AvgIpc) is 2.92. The number of fused-ring (bicyclic) bond motifs is 3. The predicted octanol–water partition coefficient (Wildman–Crippen LogP) is 1.96. The number of carbonyl (C=O) groups is 2. The Labute approximate surface area is 136 Å². The summed E-state index contributed by atoms with van der Waals surface area (Å²) in [6.45, 7) is 0. The maximum Gasteiger partial charge on any atom is 0.322 e. The maximum absolute atomic E-state index is 12.8. The number of carbonyl (C=O) groups excluding carboxylic acids is 2. The highest BCUT2D eigenvalue weighted by atomic mass is 79.9. The lowest BCUT2D eigenvalue weighted by Crippen LogP contribution is -2.56. The second kappa shape index (κ2) is 4.55. The van der Waals surface area contributed by atoms with Gasteiger partial charge in [-0.05, 0) is 55.4 Å². The van der Waals surface area contributed by atoms with E-state index in [1.807, 2.05) is 18.2 Å². The number of benzene rings is 1. The van der Waals surface area contributed by atoms with Crippen LogP contribution in [-0.2, 0) is 16.8 Å². The molecule has 3 amide bonds. The second-order valence-corrected chi connectivity index (χ2v) is 7.56. The first-order chi connectivity index (χ1) is 10.5. The minimum Gasteiger partial charge on any atom is -0.393 e. The Morgan fingerprint density at radius 2 is 1.95 bits per heavy atom. The van der Waals surface area contributed by atoms with E-state index in [-0.39, 0.29) is 17.4 Å². The molecule has 3 N–H and O–H groups in total. The molecule has 1 aromatic carbocycles. The molecule has 1 aromatic rings. The summed E-state index contributed by atoms with van der Waals surface area (Å²) >= 11 is 3.47. The Kier molecular flexibility index (Phi) is 2.94. The van der Waals surface area contributed by atoms with Gasteiger partial charge in [-0.15, -0.1) is 0 Å². The van der Waals surface area contributed by atoms with Gasteiger partial charge in [-0.3, -0.25) is 10.1 Å². The van der Waals surface area contributed by atoms with Crippen molar-refractivity contribution in [1.82, 2.24) is 10.6 Å². The molecule has 1 atom stereocenters. The van der Waals surface area contributed by atoms with Gasteiger partial charge in [0.15, 0.2) is 5.54 Å². The van der Waals surface area contributed by atoms with Crippen LogP contribution in [0.2, 0.25) is 0 Å². The van der Waals surface area contributed by atoms with Crippen molar-refractivity contribution in [2.75, 3.05) is 0 Å². The minimum atomic E-state index is -0.997. The molecular weight excluding hydrogens is 348 g/mol. The number of imide groups is 1. The van der Waals surface area contributed by atoms with Gasteiger partial charge in [0.25, 0.3) is 5.91 Å². The van der Waals surface area contributed by atoms with Gasteiger partial charge in [-0.25, -0.2) is 4.79 Å². The molecule has 3 aliphatic rings. The lowest BCUT2D eigenvalue weighted by atomic mass is 9.61. The number of aliphatic hydroxyl groups excluding tert-OH is 1. The van der Waals surface area contributed by atoms with E-state index in [0.717, 1.165) is 34.9 Å². The van der Waals surface area contributed by atoms with E-state index in [1.165, 1.54) is 0 Å². The van der Waals surface area contributed by atoms with Crippen LogP contribution in [-0.4, -0.2) is 23.1 Å². The molecule has 1 heterocycles. The lowest BCUT2D eigenvalue weighted by Gasteiger charge is -2.45. The molecule has 22 heavy (non-hydrogen) atoms. The number of nitrogens with one attached hydrogen (secondary N) is 2. The van der Waals surface area contributed by atoms with E-state index in [9.17, 15) is 14.7 Å². The van der Waals surface area contributed by atoms with Crippen LogP contribution < -0.4 is 10.6 Å². The number of urea groups is 1. The fourth-order valence-electron chi connectivity index (χ4n) is 4.56. The summed E-state index contributed by atoms with van der Waals surface area (Å²) in [5.41, 5.74) is 0.660. The Morgan fingerprint density at radius 3 is 2.59 bits per heavy atom. The number of rotatable bonds is 0. The largest absolute Gasteiger partial charge is 0.393 e. The Hall–Kier alpha value is -1.40. The van der Waals surface area contributed by atoms with E-state index in [4.69, 9.17) is 0 Å². The first-order valence-corrected chi connectivity index (χ1v) is 8.37. The minimum absolute atomic E-state index is 0.259. The molecule has 2 spiro atoms. The monoisotopic (exact) mass is 364 g/mol. The van der Waals surface area contributed by atoms with Crippen molar-refractivity contribution in [3.05, 3.63) is 33.8 Å². The Bertz CT molecular complexity index is 682. The predicted molar refractivity (Wildman–Crippen MR) is 83.1 cm³/mol. The summed E-state index contributed by atoms with van der Waals surface area (Å²) in [5.74, 6) is -0.259. The van der Waals surface area contributed by atoms with Crippen molar-refractivity contribution >= 4 is 27.9 Å². The third-order valence-corrected chi connectivity index (χ3v) is 6.07.